The number of hydrogen-bond donors (Lipinski definition) is 0. The Morgan fingerprint density at radius 2 is 1.92 bits per heavy atom. The van der Waals surface area contributed by atoms with Crippen LogP contribution >= 0.6 is 0 Å². The molecule has 0 aliphatic carbocycles. The molecule has 0 amide bonds. The molecule has 0 saturated heterocycles. The molecular weight excluding hydrogens is 337 g/mol. The highest BCUT2D eigenvalue weighted by molar-refractivity contribution is 5.76. The molecule has 0 unspecified atom stereocenters. The smallest absolute Gasteiger partial charge is 0.317 e. The minimum Gasteiger partial charge on any atom is -0.461 e. The van der Waals surface area contributed by atoms with E-state index in [-0.39, 0.29) is 24.7 Å². The minimum atomic E-state index is -0.313. The van der Waals surface area contributed by atoms with Gasteiger partial charge in [-0.3, -0.25) is 0 Å². The molecule has 0 aliphatic rings. The molecule has 0 fully saturated rings. The van der Waals surface area contributed by atoms with E-state index in [4.69, 9.17) is 9.47 Å². The fourth-order valence-corrected chi connectivity index (χ4v) is 2.38. The molecule has 3 rings (SSSR count). The second-order valence-corrected chi connectivity index (χ2v) is 5.81. The average Bonchev–Trinajstić information content (AvgIpc) is 3.04. The monoisotopic (exact) mass is 357 g/mol. The molecule has 8 heteroatoms. The maximum atomic E-state index is 13.3. The lowest BCUT2D eigenvalue weighted by Gasteiger charge is -2.10. The highest BCUT2D eigenvalue weighted by Gasteiger charge is 2.19. The van der Waals surface area contributed by atoms with Crippen LogP contribution in [0.2, 0.25) is 0 Å². The lowest BCUT2D eigenvalue weighted by molar-refractivity contribution is 0.0789. The summed E-state index contributed by atoms with van der Waals surface area (Å²) in [7, 11) is 0. The van der Waals surface area contributed by atoms with Crippen molar-refractivity contribution in [1.29, 1.82) is 0 Å². The van der Waals surface area contributed by atoms with E-state index in [1.165, 1.54) is 12.1 Å². The van der Waals surface area contributed by atoms with Crippen molar-refractivity contribution >= 4 is 0 Å². The lowest BCUT2D eigenvalue weighted by atomic mass is 10.1. The van der Waals surface area contributed by atoms with E-state index in [9.17, 15) is 4.39 Å². The zero-order valence-corrected chi connectivity index (χ0v) is 14.9. The van der Waals surface area contributed by atoms with Crippen LogP contribution in [0.4, 0.5) is 4.39 Å². The van der Waals surface area contributed by atoms with Gasteiger partial charge >= 0.3 is 6.01 Å². The molecule has 0 bridgehead atoms. The Balaban J connectivity index is 2.08. The third-order valence-corrected chi connectivity index (χ3v) is 3.49. The normalized spacial score (nSPS) is 11.1. The van der Waals surface area contributed by atoms with Gasteiger partial charge in [0.05, 0.1) is 11.8 Å². The van der Waals surface area contributed by atoms with Crippen molar-refractivity contribution < 1.29 is 13.9 Å². The van der Waals surface area contributed by atoms with Gasteiger partial charge in [0.15, 0.2) is 0 Å². The summed E-state index contributed by atoms with van der Waals surface area (Å²) in [6.07, 6.45) is 1.57. The molecule has 136 valence electrons. The van der Waals surface area contributed by atoms with Gasteiger partial charge in [0.2, 0.25) is 0 Å². The number of aromatic nitrogens is 5. The second-order valence-electron chi connectivity index (χ2n) is 5.81. The molecule has 2 aromatic heterocycles. The van der Waals surface area contributed by atoms with Gasteiger partial charge in [0, 0.05) is 18.4 Å². The third kappa shape index (κ3) is 4.02. The largest absolute Gasteiger partial charge is 0.461 e. The van der Waals surface area contributed by atoms with Crippen molar-refractivity contribution in [2.24, 2.45) is 0 Å². The van der Waals surface area contributed by atoms with Crippen LogP contribution in [0, 0.1) is 5.82 Å². The summed E-state index contributed by atoms with van der Waals surface area (Å²) in [5.41, 5.74) is 2.56. The van der Waals surface area contributed by atoms with Crippen molar-refractivity contribution in [1.82, 2.24) is 25.0 Å². The van der Waals surface area contributed by atoms with Gasteiger partial charge in [-0.25, -0.2) is 14.1 Å². The van der Waals surface area contributed by atoms with Crippen LogP contribution in [0.1, 0.15) is 20.8 Å². The summed E-state index contributed by atoms with van der Waals surface area (Å²) in [5, 5.41) is 8.41. The van der Waals surface area contributed by atoms with Crippen molar-refractivity contribution in [3.8, 4) is 28.7 Å². The van der Waals surface area contributed by atoms with Crippen LogP contribution in [-0.2, 0) is 11.5 Å². The topological polar surface area (TPSA) is 75.0 Å². The van der Waals surface area contributed by atoms with Crippen LogP contribution in [0.5, 0.6) is 6.01 Å². The van der Waals surface area contributed by atoms with Gasteiger partial charge in [0.1, 0.15) is 23.9 Å². The van der Waals surface area contributed by atoms with Crippen LogP contribution in [0.15, 0.2) is 36.5 Å². The fourth-order valence-electron chi connectivity index (χ4n) is 2.38. The van der Waals surface area contributed by atoms with Crippen molar-refractivity contribution in [2.75, 3.05) is 6.61 Å². The maximum Gasteiger partial charge on any atom is 0.317 e. The first-order valence-corrected chi connectivity index (χ1v) is 8.35. The Morgan fingerprint density at radius 1 is 1.15 bits per heavy atom. The molecule has 0 N–H and O–H groups in total. The Labute approximate surface area is 150 Å². The standard InChI is InChI=1S/C18H20FN5O2/c1-4-25-11-24-17(15-9-10-20-18(21-15)26-12(2)3)16(22-23-24)13-5-7-14(19)8-6-13/h5-10,12H,4,11H2,1-3H3. The van der Waals surface area contributed by atoms with Crippen molar-refractivity contribution in [2.45, 2.75) is 33.6 Å². The molecule has 26 heavy (non-hydrogen) atoms. The van der Waals surface area contributed by atoms with Gasteiger partial charge < -0.3 is 9.47 Å². The lowest BCUT2D eigenvalue weighted by Crippen LogP contribution is -2.10. The number of hydrogen-bond acceptors (Lipinski definition) is 6. The molecule has 0 radical (unpaired) electrons. The Hall–Kier alpha value is -2.87. The average molecular weight is 357 g/mol. The molecule has 0 atom stereocenters. The zero-order chi connectivity index (χ0) is 18.5. The highest BCUT2D eigenvalue weighted by Crippen LogP contribution is 2.30. The number of benzene rings is 1. The number of ether oxygens (including phenoxy) is 2. The first-order valence-electron chi connectivity index (χ1n) is 8.35. The molecule has 2 heterocycles. The minimum absolute atomic E-state index is 0.0479. The predicted molar refractivity (Wildman–Crippen MR) is 93.8 cm³/mol. The predicted octanol–water partition coefficient (Wildman–Crippen LogP) is 3.32. The fraction of sp³-hybridized carbons (Fsp3) is 0.333. The van der Waals surface area contributed by atoms with Gasteiger partial charge in [-0.15, -0.1) is 5.10 Å². The van der Waals surface area contributed by atoms with Crippen LogP contribution < -0.4 is 4.74 Å². The van der Waals surface area contributed by atoms with Crippen molar-refractivity contribution in [3.63, 3.8) is 0 Å². The van der Waals surface area contributed by atoms with E-state index < -0.39 is 0 Å². The van der Waals surface area contributed by atoms with Gasteiger partial charge in [-0.1, -0.05) is 5.21 Å². The molecule has 1 aromatic carbocycles. The number of nitrogens with zero attached hydrogens (tertiary/aromatic N) is 5. The number of rotatable bonds is 7. The van der Waals surface area contributed by atoms with E-state index in [0.717, 1.165) is 5.56 Å². The van der Waals surface area contributed by atoms with E-state index in [1.807, 2.05) is 20.8 Å². The highest BCUT2D eigenvalue weighted by atomic mass is 19.1. The van der Waals surface area contributed by atoms with Crippen LogP contribution in [0.25, 0.3) is 22.6 Å². The Morgan fingerprint density at radius 3 is 2.62 bits per heavy atom. The van der Waals surface area contributed by atoms with E-state index in [0.29, 0.717) is 23.7 Å². The summed E-state index contributed by atoms with van der Waals surface area (Å²) in [4.78, 5) is 8.60. The molecule has 0 spiro atoms. The summed E-state index contributed by atoms with van der Waals surface area (Å²) in [6.45, 7) is 6.47. The Kier molecular flexibility index (Phi) is 5.52. The molecule has 0 aliphatic heterocycles. The van der Waals surface area contributed by atoms with Gasteiger partial charge in [-0.05, 0) is 51.1 Å². The first-order chi connectivity index (χ1) is 12.6. The molecular formula is C18H20FN5O2. The van der Waals surface area contributed by atoms with Crippen molar-refractivity contribution in [3.05, 3.63) is 42.3 Å². The Bertz CT molecular complexity index is 864. The first kappa shape index (κ1) is 17.9. The molecule has 0 saturated carbocycles. The van der Waals surface area contributed by atoms with Crippen LogP contribution in [0.3, 0.4) is 0 Å². The second kappa shape index (κ2) is 8.01. The summed E-state index contributed by atoms with van der Waals surface area (Å²) >= 11 is 0. The summed E-state index contributed by atoms with van der Waals surface area (Å²) < 4.78 is 25.9. The third-order valence-electron chi connectivity index (χ3n) is 3.49. The van der Waals surface area contributed by atoms with Gasteiger partial charge in [-0.2, -0.15) is 4.98 Å². The van der Waals surface area contributed by atoms with E-state index >= 15 is 0 Å². The van der Waals surface area contributed by atoms with E-state index in [1.54, 1.807) is 29.1 Å². The molecule has 7 nitrogen and oxygen atoms in total. The van der Waals surface area contributed by atoms with Gasteiger partial charge in [0.25, 0.3) is 0 Å². The zero-order valence-electron chi connectivity index (χ0n) is 14.9. The van der Waals surface area contributed by atoms with Crippen LogP contribution in [-0.4, -0.2) is 37.7 Å². The maximum absolute atomic E-state index is 13.3. The quantitative estimate of drug-likeness (QED) is 0.646. The summed E-state index contributed by atoms with van der Waals surface area (Å²) in [6, 6.07) is 8.09. The SMILES string of the molecule is CCOCn1nnc(-c2ccc(F)cc2)c1-c1ccnc(OC(C)C)n1. The molecule has 3 aromatic rings. The van der Waals surface area contributed by atoms with E-state index in [2.05, 4.69) is 20.3 Å². The number of halogens is 1. The summed E-state index contributed by atoms with van der Waals surface area (Å²) in [5.74, 6) is -0.313.